The minimum atomic E-state index is -0.248. The number of halogens is 1. The van der Waals surface area contributed by atoms with Crippen LogP contribution in [0.4, 0.5) is 10.3 Å². The molecule has 2 heterocycles. The van der Waals surface area contributed by atoms with Crippen molar-refractivity contribution in [1.82, 2.24) is 15.3 Å². The number of nitrogen functional groups attached to an aromatic ring is 1. The maximum Gasteiger partial charge on any atom is 0.220 e. The number of nitrogens with one attached hydrogen (secondary N) is 1. The number of anilines is 1. The van der Waals surface area contributed by atoms with Crippen molar-refractivity contribution in [3.05, 3.63) is 42.0 Å². The first-order chi connectivity index (χ1) is 9.74. The topological polar surface area (TPSA) is 63.8 Å². The van der Waals surface area contributed by atoms with Crippen LogP contribution in [0.5, 0.6) is 0 Å². The summed E-state index contributed by atoms with van der Waals surface area (Å²) in [5.41, 5.74) is 8.46. The molecule has 1 atom stereocenters. The molecule has 1 aliphatic heterocycles. The molecule has 0 aliphatic carbocycles. The van der Waals surface area contributed by atoms with E-state index >= 15 is 0 Å². The van der Waals surface area contributed by atoms with Crippen molar-refractivity contribution in [2.24, 2.45) is 0 Å². The molecule has 3 rings (SSSR count). The van der Waals surface area contributed by atoms with E-state index in [9.17, 15) is 4.39 Å². The van der Waals surface area contributed by atoms with Crippen molar-refractivity contribution >= 4 is 5.95 Å². The number of hydrogen-bond acceptors (Lipinski definition) is 4. The lowest BCUT2D eigenvalue weighted by Gasteiger charge is -2.25. The molecule has 1 fully saturated rings. The van der Waals surface area contributed by atoms with Crippen LogP contribution >= 0.6 is 0 Å². The largest absolute Gasteiger partial charge is 0.368 e. The molecule has 2 aromatic rings. The number of nitrogens with two attached hydrogens (primary N) is 1. The van der Waals surface area contributed by atoms with Crippen LogP contribution in [0.2, 0.25) is 0 Å². The average Bonchev–Trinajstić information content (AvgIpc) is 2.49. The summed E-state index contributed by atoms with van der Waals surface area (Å²) in [6, 6.07) is 6.58. The summed E-state index contributed by atoms with van der Waals surface area (Å²) in [4.78, 5) is 8.48. The molecule has 1 unspecified atom stereocenters. The first-order valence-electron chi connectivity index (χ1n) is 6.86. The Morgan fingerprint density at radius 3 is 2.70 bits per heavy atom. The summed E-state index contributed by atoms with van der Waals surface area (Å²) in [7, 11) is 0. The Balaban J connectivity index is 2.03. The quantitative estimate of drug-likeness (QED) is 0.882. The van der Waals surface area contributed by atoms with Crippen molar-refractivity contribution in [3.8, 4) is 11.1 Å². The number of nitrogens with zero attached hydrogens (tertiary/aromatic N) is 2. The van der Waals surface area contributed by atoms with E-state index in [4.69, 9.17) is 5.73 Å². The second-order valence-electron chi connectivity index (χ2n) is 5.04. The van der Waals surface area contributed by atoms with Crippen LogP contribution in [0.15, 0.2) is 30.5 Å². The van der Waals surface area contributed by atoms with E-state index < -0.39 is 0 Å². The molecule has 20 heavy (non-hydrogen) atoms. The number of rotatable bonds is 2. The summed E-state index contributed by atoms with van der Waals surface area (Å²) >= 11 is 0. The highest BCUT2D eigenvalue weighted by molar-refractivity contribution is 5.66. The van der Waals surface area contributed by atoms with Crippen LogP contribution in [0, 0.1) is 5.82 Å². The first-order valence-corrected chi connectivity index (χ1v) is 6.86. The average molecular weight is 272 g/mol. The van der Waals surface area contributed by atoms with Crippen LogP contribution in [0.3, 0.4) is 0 Å². The second-order valence-corrected chi connectivity index (χ2v) is 5.04. The molecule has 0 spiro atoms. The zero-order chi connectivity index (χ0) is 13.9. The van der Waals surface area contributed by atoms with Gasteiger partial charge in [0.2, 0.25) is 5.95 Å². The van der Waals surface area contributed by atoms with E-state index in [1.165, 1.54) is 25.0 Å². The Morgan fingerprint density at radius 1 is 1.20 bits per heavy atom. The lowest BCUT2D eigenvalue weighted by molar-refractivity contribution is 0.406. The van der Waals surface area contributed by atoms with E-state index in [1.807, 2.05) is 0 Å². The predicted molar refractivity (Wildman–Crippen MR) is 76.4 cm³/mol. The standard InChI is InChI=1S/C15H17FN4/c16-11-6-4-10(5-7-11)12-9-19-15(17)20-14(12)13-3-1-2-8-18-13/h4-7,9,13,18H,1-3,8H2,(H2,17,19,20). The molecule has 5 heteroatoms. The van der Waals surface area contributed by atoms with Gasteiger partial charge in [-0.3, -0.25) is 0 Å². The van der Waals surface area contributed by atoms with Crippen LogP contribution in [0.25, 0.3) is 11.1 Å². The SMILES string of the molecule is Nc1ncc(-c2ccc(F)cc2)c(C2CCCCN2)n1. The normalized spacial score (nSPS) is 18.9. The van der Waals surface area contributed by atoms with Gasteiger partial charge in [0.15, 0.2) is 0 Å². The Hall–Kier alpha value is -2.01. The van der Waals surface area contributed by atoms with Gasteiger partial charge in [-0.15, -0.1) is 0 Å². The van der Waals surface area contributed by atoms with E-state index in [0.717, 1.165) is 29.8 Å². The molecule has 0 bridgehead atoms. The molecular weight excluding hydrogens is 255 g/mol. The van der Waals surface area contributed by atoms with Crippen LogP contribution in [-0.2, 0) is 0 Å². The lowest BCUT2D eigenvalue weighted by Crippen LogP contribution is -2.28. The zero-order valence-corrected chi connectivity index (χ0v) is 11.1. The highest BCUT2D eigenvalue weighted by Gasteiger charge is 2.20. The van der Waals surface area contributed by atoms with Gasteiger partial charge >= 0.3 is 0 Å². The Bertz CT molecular complexity index is 591. The van der Waals surface area contributed by atoms with E-state index in [0.29, 0.717) is 0 Å². The Labute approximate surface area is 117 Å². The monoisotopic (exact) mass is 272 g/mol. The minimum absolute atomic E-state index is 0.189. The van der Waals surface area contributed by atoms with Gasteiger partial charge in [0.1, 0.15) is 5.82 Å². The van der Waals surface area contributed by atoms with Crippen molar-refractivity contribution in [3.63, 3.8) is 0 Å². The van der Waals surface area contributed by atoms with Crippen LogP contribution in [-0.4, -0.2) is 16.5 Å². The lowest BCUT2D eigenvalue weighted by atomic mass is 9.96. The van der Waals surface area contributed by atoms with E-state index in [-0.39, 0.29) is 17.8 Å². The second kappa shape index (κ2) is 5.54. The minimum Gasteiger partial charge on any atom is -0.368 e. The first kappa shape index (κ1) is 13.0. The summed E-state index contributed by atoms with van der Waals surface area (Å²) < 4.78 is 13.1. The fraction of sp³-hybridized carbons (Fsp3) is 0.333. The number of aromatic nitrogens is 2. The molecule has 1 aromatic heterocycles. The molecule has 1 saturated heterocycles. The molecule has 0 radical (unpaired) electrons. The van der Waals surface area contributed by atoms with E-state index in [1.54, 1.807) is 18.3 Å². The molecular formula is C15H17FN4. The maximum atomic E-state index is 13.1. The summed E-state index contributed by atoms with van der Waals surface area (Å²) in [6.07, 6.45) is 5.11. The third-order valence-electron chi connectivity index (χ3n) is 3.63. The zero-order valence-electron chi connectivity index (χ0n) is 11.1. The third-order valence-corrected chi connectivity index (χ3v) is 3.63. The van der Waals surface area contributed by atoms with Gasteiger partial charge < -0.3 is 11.1 Å². The van der Waals surface area contributed by atoms with Gasteiger partial charge in [-0.05, 0) is 37.1 Å². The van der Waals surface area contributed by atoms with Crippen LogP contribution < -0.4 is 11.1 Å². The van der Waals surface area contributed by atoms with Crippen molar-refractivity contribution in [2.75, 3.05) is 12.3 Å². The Kier molecular flexibility index (Phi) is 3.60. The molecule has 4 nitrogen and oxygen atoms in total. The third kappa shape index (κ3) is 2.63. The van der Waals surface area contributed by atoms with Crippen molar-refractivity contribution in [2.45, 2.75) is 25.3 Å². The van der Waals surface area contributed by atoms with Gasteiger partial charge in [-0.2, -0.15) is 0 Å². The van der Waals surface area contributed by atoms with Crippen LogP contribution in [0.1, 0.15) is 31.0 Å². The molecule has 0 saturated carbocycles. The number of hydrogen-bond donors (Lipinski definition) is 2. The van der Waals surface area contributed by atoms with Gasteiger partial charge in [-0.25, -0.2) is 14.4 Å². The Morgan fingerprint density at radius 2 is 2.00 bits per heavy atom. The van der Waals surface area contributed by atoms with E-state index in [2.05, 4.69) is 15.3 Å². The fourth-order valence-corrected chi connectivity index (χ4v) is 2.61. The van der Waals surface area contributed by atoms with Gasteiger partial charge in [0, 0.05) is 11.8 Å². The molecule has 0 amide bonds. The summed E-state index contributed by atoms with van der Waals surface area (Å²) in [5.74, 6) is 0.0284. The maximum absolute atomic E-state index is 13.1. The van der Waals surface area contributed by atoms with Gasteiger partial charge in [-0.1, -0.05) is 18.6 Å². The van der Waals surface area contributed by atoms with Gasteiger partial charge in [0.05, 0.1) is 11.7 Å². The molecule has 3 N–H and O–H groups in total. The van der Waals surface area contributed by atoms with Crippen molar-refractivity contribution in [1.29, 1.82) is 0 Å². The molecule has 1 aromatic carbocycles. The predicted octanol–water partition coefficient (Wildman–Crippen LogP) is 2.68. The molecule has 104 valence electrons. The van der Waals surface area contributed by atoms with Gasteiger partial charge in [0.25, 0.3) is 0 Å². The summed E-state index contributed by atoms with van der Waals surface area (Å²) in [6.45, 7) is 0.984. The van der Waals surface area contributed by atoms with Crippen molar-refractivity contribution < 1.29 is 4.39 Å². The highest BCUT2D eigenvalue weighted by atomic mass is 19.1. The smallest absolute Gasteiger partial charge is 0.220 e. The highest BCUT2D eigenvalue weighted by Crippen LogP contribution is 2.30. The number of piperidine rings is 1. The fourth-order valence-electron chi connectivity index (χ4n) is 2.61. The molecule has 1 aliphatic rings. The summed E-state index contributed by atoms with van der Waals surface area (Å²) in [5, 5.41) is 3.46. The number of benzene rings is 1.